The van der Waals surface area contributed by atoms with Crippen molar-refractivity contribution in [3.05, 3.63) is 54.7 Å². The predicted molar refractivity (Wildman–Crippen MR) is 157 cm³/mol. The van der Waals surface area contributed by atoms with Gasteiger partial charge in [0.1, 0.15) is 17.9 Å². The minimum Gasteiger partial charge on any atom is -0.363 e. The number of likely N-dealkylation sites (N-methyl/N-ethyl adjacent to an activating group) is 1. The highest BCUT2D eigenvalue weighted by Gasteiger charge is 2.27. The van der Waals surface area contributed by atoms with Gasteiger partial charge in [0.2, 0.25) is 5.91 Å². The molecule has 2 saturated heterocycles. The van der Waals surface area contributed by atoms with Crippen LogP contribution in [0.15, 0.2) is 48.9 Å². The molecule has 4 aromatic rings. The molecule has 6 rings (SSSR count). The van der Waals surface area contributed by atoms with Crippen LogP contribution in [0.5, 0.6) is 0 Å². The first kappa shape index (κ1) is 27.5. The number of halogens is 1. The number of anilines is 2. The summed E-state index contributed by atoms with van der Waals surface area (Å²) in [7, 11) is 2.12. The minimum atomic E-state index is -0.566. The number of nitrogens with zero attached hydrogens (tertiary/aromatic N) is 9. The SMILES string of the molecule is CN1CCCN(c2cc(-c3nc(-c4cnn5ccccc45)nc(N[C@@H]4CCCN(C(=O)CC#N)C4)c3F)ccn2)CC1. The Kier molecular flexibility index (Phi) is 7.92. The van der Waals surface area contributed by atoms with Crippen LogP contribution < -0.4 is 10.2 Å². The van der Waals surface area contributed by atoms with Crippen molar-refractivity contribution in [3.8, 4) is 28.7 Å². The van der Waals surface area contributed by atoms with Crippen LogP contribution in [0.3, 0.4) is 0 Å². The van der Waals surface area contributed by atoms with Gasteiger partial charge in [0.15, 0.2) is 17.5 Å². The number of hydrogen-bond acceptors (Lipinski definition) is 9. The number of rotatable bonds is 6. The van der Waals surface area contributed by atoms with Gasteiger partial charge in [0.05, 0.1) is 23.3 Å². The molecule has 6 heterocycles. The zero-order chi connectivity index (χ0) is 29.1. The Morgan fingerprint density at radius 3 is 2.93 bits per heavy atom. The van der Waals surface area contributed by atoms with Crippen molar-refractivity contribution >= 4 is 23.1 Å². The molecule has 4 aromatic heterocycles. The zero-order valence-corrected chi connectivity index (χ0v) is 23.6. The predicted octanol–water partition coefficient (Wildman–Crippen LogP) is 3.45. The van der Waals surface area contributed by atoms with E-state index in [0.29, 0.717) is 30.0 Å². The van der Waals surface area contributed by atoms with E-state index in [1.165, 1.54) is 0 Å². The summed E-state index contributed by atoms with van der Waals surface area (Å²) in [5.74, 6) is 0.414. The van der Waals surface area contributed by atoms with E-state index in [1.807, 2.05) is 36.5 Å². The Morgan fingerprint density at radius 2 is 2.05 bits per heavy atom. The topological polar surface area (TPSA) is 119 Å². The van der Waals surface area contributed by atoms with Crippen LogP contribution in [-0.2, 0) is 4.79 Å². The van der Waals surface area contributed by atoms with Crippen LogP contribution in [0.4, 0.5) is 16.0 Å². The Hall–Kier alpha value is -4.63. The normalized spacial score (nSPS) is 18.1. The maximum atomic E-state index is 16.3. The fraction of sp³-hybridized carbons (Fsp3) is 0.400. The molecule has 12 heteroatoms. The monoisotopic (exact) mass is 568 g/mol. The number of likely N-dealkylation sites (tertiary alicyclic amines) is 1. The van der Waals surface area contributed by atoms with Gasteiger partial charge >= 0.3 is 0 Å². The van der Waals surface area contributed by atoms with E-state index in [-0.39, 0.29) is 29.9 Å². The Bertz CT molecular complexity index is 1630. The molecule has 2 fully saturated rings. The molecule has 0 aromatic carbocycles. The maximum Gasteiger partial charge on any atom is 0.236 e. The fourth-order valence-electron chi connectivity index (χ4n) is 5.67. The van der Waals surface area contributed by atoms with Crippen molar-refractivity contribution in [2.24, 2.45) is 0 Å². The number of nitrogens with one attached hydrogen (secondary N) is 1. The largest absolute Gasteiger partial charge is 0.363 e. The molecule has 0 unspecified atom stereocenters. The van der Waals surface area contributed by atoms with Crippen LogP contribution in [0, 0.1) is 17.1 Å². The molecule has 0 radical (unpaired) electrons. The van der Waals surface area contributed by atoms with Crippen molar-refractivity contribution in [3.63, 3.8) is 0 Å². The van der Waals surface area contributed by atoms with E-state index >= 15 is 4.39 Å². The molecule has 1 N–H and O–H groups in total. The molecule has 0 aliphatic carbocycles. The van der Waals surface area contributed by atoms with Gasteiger partial charge in [-0.3, -0.25) is 4.79 Å². The minimum absolute atomic E-state index is 0.0691. The first-order chi connectivity index (χ1) is 20.5. The van der Waals surface area contributed by atoms with Crippen molar-refractivity contribution in [1.82, 2.24) is 34.4 Å². The highest BCUT2D eigenvalue weighted by atomic mass is 19.1. The van der Waals surface area contributed by atoms with E-state index in [1.54, 1.807) is 27.9 Å². The van der Waals surface area contributed by atoms with Crippen LogP contribution >= 0.6 is 0 Å². The maximum absolute atomic E-state index is 16.3. The Balaban J connectivity index is 1.39. The molecule has 2 aliphatic heterocycles. The first-order valence-corrected chi connectivity index (χ1v) is 14.3. The highest BCUT2D eigenvalue weighted by molar-refractivity contribution is 5.79. The fourth-order valence-corrected chi connectivity index (χ4v) is 5.67. The van der Waals surface area contributed by atoms with Gasteiger partial charge < -0.3 is 20.0 Å². The number of hydrogen-bond donors (Lipinski definition) is 1. The Morgan fingerprint density at radius 1 is 1.14 bits per heavy atom. The Labute approximate surface area is 243 Å². The van der Waals surface area contributed by atoms with Crippen LogP contribution in [0.25, 0.3) is 28.2 Å². The molecule has 216 valence electrons. The summed E-state index contributed by atoms with van der Waals surface area (Å²) in [4.78, 5) is 32.6. The van der Waals surface area contributed by atoms with Gasteiger partial charge in [-0.15, -0.1) is 0 Å². The number of amides is 1. The molecule has 0 bridgehead atoms. The average molecular weight is 569 g/mol. The van der Waals surface area contributed by atoms with Gasteiger partial charge in [-0.1, -0.05) is 6.07 Å². The van der Waals surface area contributed by atoms with Crippen molar-refractivity contribution in [1.29, 1.82) is 5.26 Å². The summed E-state index contributed by atoms with van der Waals surface area (Å²) >= 11 is 0. The number of fused-ring (bicyclic) bond motifs is 1. The number of carbonyl (C=O) groups excluding carboxylic acids is 1. The molecule has 2 aliphatic rings. The van der Waals surface area contributed by atoms with Gasteiger partial charge in [0, 0.05) is 56.7 Å². The van der Waals surface area contributed by atoms with Crippen molar-refractivity contribution in [2.75, 3.05) is 56.5 Å². The molecule has 1 atom stereocenters. The number of piperidine rings is 1. The average Bonchev–Trinajstić information content (AvgIpc) is 3.32. The molecule has 0 saturated carbocycles. The van der Waals surface area contributed by atoms with Crippen LogP contribution in [0.1, 0.15) is 25.7 Å². The van der Waals surface area contributed by atoms with Gasteiger partial charge in [-0.2, -0.15) is 10.4 Å². The summed E-state index contributed by atoms with van der Waals surface area (Å²) in [6, 6.07) is 11.1. The van der Waals surface area contributed by atoms with E-state index < -0.39 is 5.82 Å². The molecular formula is C30H33FN10O. The van der Waals surface area contributed by atoms with Gasteiger partial charge in [-0.25, -0.2) is 23.9 Å². The third kappa shape index (κ3) is 5.73. The summed E-state index contributed by atoms with van der Waals surface area (Å²) < 4.78 is 18.1. The summed E-state index contributed by atoms with van der Waals surface area (Å²) in [6.45, 7) is 4.61. The molecule has 11 nitrogen and oxygen atoms in total. The number of aromatic nitrogens is 5. The summed E-state index contributed by atoms with van der Waals surface area (Å²) in [5, 5.41) is 16.7. The molecule has 0 spiro atoms. The van der Waals surface area contributed by atoms with Crippen LogP contribution in [0.2, 0.25) is 0 Å². The second-order valence-corrected chi connectivity index (χ2v) is 10.9. The van der Waals surface area contributed by atoms with E-state index in [4.69, 9.17) is 10.2 Å². The smallest absolute Gasteiger partial charge is 0.236 e. The van der Waals surface area contributed by atoms with Crippen molar-refractivity contribution < 1.29 is 9.18 Å². The van der Waals surface area contributed by atoms with Crippen molar-refractivity contribution in [2.45, 2.75) is 31.7 Å². The highest BCUT2D eigenvalue weighted by Crippen LogP contribution is 2.32. The van der Waals surface area contributed by atoms with Gasteiger partial charge in [0.25, 0.3) is 0 Å². The number of pyridine rings is 2. The lowest BCUT2D eigenvalue weighted by Gasteiger charge is -2.33. The first-order valence-electron chi connectivity index (χ1n) is 14.3. The second-order valence-electron chi connectivity index (χ2n) is 10.9. The lowest BCUT2D eigenvalue weighted by atomic mass is 10.0. The van der Waals surface area contributed by atoms with Crippen LogP contribution in [-0.4, -0.2) is 92.6 Å². The third-order valence-electron chi connectivity index (χ3n) is 7.93. The van der Waals surface area contributed by atoms with Gasteiger partial charge in [-0.05, 0) is 57.1 Å². The zero-order valence-electron chi connectivity index (χ0n) is 23.6. The quantitative estimate of drug-likeness (QED) is 0.373. The number of carbonyl (C=O) groups is 1. The molecular weight excluding hydrogens is 535 g/mol. The molecule has 42 heavy (non-hydrogen) atoms. The van der Waals surface area contributed by atoms with E-state index in [2.05, 4.69) is 37.2 Å². The summed E-state index contributed by atoms with van der Waals surface area (Å²) in [5.41, 5.74) is 2.25. The van der Waals surface area contributed by atoms with E-state index in [0.717, 1.165) is 56.8 Å². The van der Waals surface area contributed by atoms with E-state index in [9.17, 15) is 4.79 Å². The number of nitriles is 1. The summed E-state index contributed by atoms with van der Waals surface area (Å²) in [6.07, 6.45) is 7.55. The standard InChI is InChI=1S/C30H33FN10O/c1-38-12-5-14-39(17-16-38)25-18-21(9-11-33-25)28-27(31)30(35-22-6-4-13-40(20-22)26(42)8-10-32)37-29(36-28)23-19-34-41-15-3-2-7-24(23)41/h2-3,7,9,11,15,18-19,22H,4-6,8,12-14,16-17,20H2,1H3,(H,35,36,37)/t22-/m1/s1. The third-order valence-corrected chi connectivity index (χ3v) is 7.93. The lowest BCUT2D eigenvalue weighted by molar-refractivity contribution is -0.131. The lowest BCUT2D eigenvalue weighted by Crippen LogP contribution is -2.45. The second kappa shape index (κ2) is 12.1. The molecule has 1 amide bonds.